The van der Waals surface area contributed by atoms with Gasteiger partial charge in [-0.15, -0.1) is 0 Å². The van der Waals surface area contributed by atoms with E-state index in [0.717, 1.165) is 25.2 Å². The maximum Gasteiger partial charge on any atom is 0.218 e. The molecule has 3 rings (SSSR count). The molecule has 0 N–H and O–H groups in total. The molecule has 0 aromatic heterocycles. The van der Waals surface area contributed by atoms with Crippen LogP contribution in [0.1, 0.15) is 27.8 Å². The molecule has 2 aromatic rings. The van der Waals surface area contributed by atoms with Crippen LogP contribution in [0, 0.1) is 20.8 Å². The van der Waals surface area contributed by atoms with Crippen molar-refractivity contribution in [3.8, 4) is 0 Å². The molecule has 0 bridgehead atoms. The van der Waals surface area contributed by atoms with Crippen LogP contribution in [0.4, 0.5) is 0 Å². The van der Waals surface area contributed by atoms with E-state index in [9.17, 15) is 8.42 Å². The van der Waals surface area contributed by atoms with Crippen LogP contribution in [0.15, 0.2) is 42.5 Å². The first-order valence-electron chi connectivity index (χ1n) is 9.16. The number of sulfonamides is 1. The number of nitrogens with zero attached hydrogens (tertiary/aromatic N) is 2. The third-order valence-corrected chi connectivity index (χ3v) is 6.99. The van der Waals surface area contributed by atoms with E-state index in [1.807, 2.05) is 30.3 Å². The minimum atomic E-state index is -3.25. The average Bonchev–Trinajstić information content (AvgIpc) is 2.59. The fraction of sp³-hybridized carbons (Fsp3) is 0.429. The standard InChI is InChI=1S/C21H28N2O2S/c1-17-13-18(2)21(19(3)14-17)15-22-9-11-23(12-10-22)26(24,25)16-20-7-5-4-6-8-20/h4-8,13-14H,9-12,15-16H2,1-3H3. The molecule has 1 aliphatic rings. The first-order chi connectivity index (χ1) is 12.3. The van der Waals surface area contributed by atoms with E-state index in [1.165, 1.54) is 22.3 Å². The number of benzene rings is 2. The summed E-state index contributed by atoms with van der Waals surface area (Å²) in [6.07, 6.45) is 0. The highest BCUT2D eigenvalue weighted by Gasteiger charge is 2.27. The van der Waals surface area contributed by atoms with Crippen LogP contribution in [-0.2, 0) is 22.3 Å². The smallest absolute Gasteiger partial charge is 0.218 e. The molecule has 2 aromatic carbocycles. The average molecular weight is 373 g/mol. The van der Waals surface area contributed by atoms with E-state index in [4.69, 9.17) is 0 Å². The number of piperazine rings is 1. The van der Waals surface area contributed by atoms with Gasteiger partial charge in [-0.25, -0.2) is 8.42 Å². The van der Waals surface area contributed by atoms with Gasteiger partial charge in [0, 0.05) is 32.7 Å². The summed E-state index contributed by atoms with van der Waals surface area (Å²) in [5.74, 6) is 0.0873. The van der Waals surface area contributed by atoms with Crippen molar-refractivity contribution in [3.63, 3.8) is 0 Å². The minimum Gasteiger partial charge on any atom is -0.296 e. The number of rotatable bonds is 5. The van der Waals surface area contributed by atoms with Crippen LogP contribution < -0.4 is 0 Å². The van der Waals surface area contributed by atoms with Crippen molar-refractivity contribution in [1.82, 2.24) is 9.21 Å². The molecule has 1 saturated heterocycles. The normalized spacial score (nSPS) is 16.7. The van der Waals surface area contributed by atoms with Crippen molar-refractivity contribution in [3.05, 3.63) is 70.3 Å². The Hall–Kier alpha value is -1.69. The molecule has 140 valence electrons. The Balaban J connectivity index is 1.61. The van der Waals surface area contributed by atoms with Crippen molar-refractivity contribution >= 4 is 10.0 Å². The highest BCUT2D eigenvalue weighted by Crippen LogP contribution is 2.20. The van der Waals surface area contributed by atoms with Gasteiger partial charge >= 0.3 is 0 Å². The number of hydrogen-bond donors (Lipinski definition) is 0. The lowest BCUT2D eigenvalue weighted by Gasteiger charge is -2.34. The quantitative estimate of drug-likeness (QED) is 0.809. The van der Waals surface area contributed by atoms with Gasteiger partial charge in [0.1, 0.15) is 0 Å². The van der Waals surface area contributed by atoms with Crippen molar-refractivity contribution in [2.24, 2.45) is 0 Å². The Morgan fingerprint density at radius 1 is 0.885 bits per heavy atom. The summed E-state index contributed by atoms with van der Waals surface area (Å²) in [7, 11) is -3.25. The van der Waals surface area contributed by atoms with E-state index < -0.39 is 10.0 Å². The lowest BCUT2D eigenvalue weighted by molar-refractivity contribution is 0.181. The van der Waals surface area contributed by atoms with Gasteiger partial charge in [-0.3, -0.25) is 4.90 Å². The Labute approximate surface area is 157 Å². The lowest BCUT2D eigenvalue weighted by atomic mass is 9.99. The van der Waals surface area contributed by atoms with Crippen LogP contribution in [0.2, 0.25) is 0 Å². The molecule has 0 amide bonds. The Morgan fingerprint density at radius 3 is 2.04 bits per heavy atom. The van der Waals surface area contributed by atoms with Crippen LogP contribution in [0.5, 0.6) is 0 Å². The maximum absolute atomic E-state index is 12.7. The van der Waals surface area contributed by atoms with Crippen molar-refractivity contribution in [2.75, 3.05) is 26.2 Å². The van der Waals surface area contributed by atoms with Crippen LogP contribution >= 0.6 is 0 Å². The SMILES string of the molecule is Cc1cc(C)c(CN2CCN(S(=O)(=O)Cc3ccccc3)CC2)c(C)c1. The van der Waals surface area contributed by atoms with Gasteiger partial charge in [-0.2, -0.15) is 4.31 Å². The fourth-order valence-corrected chi connectivity index (χ4v) is 5.24. The molecule has 1 heterocycles. The summed E-state index contributed by atoms with van der Waals surface area (Å²) in [5.41, 5.74) is 6.15. The zero-order valence-electron chi connectivity index (χ0n) is 15.9. The van der Waals surface area contributed by atoms with E-state index >= 15 is 0 Å². The third kappa shape index (κ3) is 4.53. The molecule has 1 aliphatic heterocycles. The molecule has 0 aliphatic carbocycles. The zero-order chi connectivity index (χ0) is 18.7. The first-order valence-corrected chi connectivity index (χ1v) is 10.8. The summed E-state index contributed by atoms with van der Waals surface area (Å²) >= 11 is 0. The first kappa shape index (κ1) is 19.1. The Kier molecular flexibility index (Phi) is 5.80. The van der Waals surface area contributed by atoms with Crippen LogP contribution in [0.25, 0.3) is 0 Å². The van der Waals surface area contributed by atoms with Crippen LogP contribution in [-0.4, -0.2) is 43.8 Å². The topological polar surface area (TPSA) is 40.6 Å². The predicted molar refractivity (Wildman–Crippen MR) is 107 cm³/mol. The lowest BCUT2D eigenvalue weighted by Crippen LogP contribution is -2.48. The highest BCUT2D eigenvalue weighted by molar-refractivity contribution is 7.88. The molecule has 0 spiro atoms. The molecular formula is C21H28N2O2S. The zero-order valence-corrected chi connectivity index (χ0v) is 16.7. The summed E-state index contributed by atoms with van der Waals surface area (Å²) < 4.78 is 27.0. The van der Waals surface area contributed by atoms with E-state index in [2.05, 4.69) is 37.8 Å². The van der Waals surface area contributed by atoms with E-state index in [1.54, 1.807) is 4.31 Å². The minimum absolute atomic E-state index is 0.0873. The fourth-order valence-electron chi connectivity index (χ4n) is 3.72. The molecule has 4 nitrogen and oxygen atoms in total. The van der Waals surface area contributed by atoms with Crippen molar-refractivity contribution in [2.45, 2.75) is 33.1 Å². The monoisotopic (exact) mass is 372 g/mol. The van der Waals surface area contributed by atoms with Gasteiger partial charge in [0.25, 0.3) is 0 Å². The molecule has 0 atom stereocenters. The summed E-state index contributed by atoms with van der Waals surface area (Å²) in [4.78, 5) is 2.36. The Morgan fingerprint density at radius 2 is 1.46 bits per heavy atom. The Bertz CT molecular complexity index is 832. The van der Waals surface area contributed by atoms with Gasteiger partial charge in [0.05, 0.1) is 5.75 Å². The highest BCUT2D eigenvalue weighted by atomic mass is 32.2. The summed E-state index contributed by atoms with van der Waals surface area (Å²) in [5, 5.41) is 0. The van der Waals surface area contributed by atoms with Gasteiger partial charge in [-0.05, 0) is 43.0 Å². The number of aryl methyl sites for hydroxylation is 3. The number of hydrogen-bond acceptors (Lipinski definition) is 3. The second-order valence-corrected chi connectivity index (χ2v) is 9.26. The second-order valence-electron chi connectivity index (χ2n) is 7.29. The molecule has 0 unspecified atom stereocenters. The second kappa shape index (κ2) is 7.91. The summed E-state index contributed by atoms with van der Waals surface area (Å²) in [6.45, 7) is 10.0. The molecule has 1 fully saturated rings. The summed E-state index contributed by atoms with van der Waals surface area (Å²) in [6, 6.07) is 13.9. The molecule has 0 radical (unpaired) electrons. The molecule has 26 heavy (non-hydrogen) atoms. The molecular weight excluding hydrogens is 344 g/mol. The molecule has 5 heteroatoms. The van der Waals surface area contributed by atoms with Gasteiger partial charge in [0.2, 0.25) is 10.0 Å². The third-order valence-electron chi connectivity index (χ3n) is 5.14. The maximum atomic E-state index is 12.7. The van der Waals surface area contributed by atoms with E-state index in [0.29, 0.717) is 13.1 Å². The van der Waals surface area contributed by atoms with E-state index in [-0.39, 0.29) is 5.75 Å². The van der Waals surface area contributed by atoms with Gasteiger partial charge in [0.15, 0.2) is 0 Å². The van der Waals surface area contributed by atoms with Crippen molar-refractivity contribution in [1.29, 1.82) is 0 Å². The largest absolute Gasteiger partial charge is 0.296 e. The van der Waals surface area contributed by atoms with Gasteiger partial charge in [-0.1, -0.05) is 48.0 Å². The van der Waals surface area contributed by atoms with Crippen LogP contribution in [0.3, 0.4) is 0 Å². The predicted octanol–water partition coefficient (Wildman–Crippen LogP) is 3.26. The molecule has 0 saturated carbocycles. The van der Waals surface area contributed by atoms with Crippen molar-refractivity contribution < 1.29 is 8.42 Å². The van der Waals surface area contributed by atoms with Gasteiger partial charge < -0.3 is 0 Å².